The van der Waals surface area contributed by atoms with Gasteiger partial charge in [-0.1, -0.05) is 0 Å². The van der Waals surface area contributed by atoms with E-state index < -0.39 is 0 Å². The number of rotatable bonds is 5. The number of likely N-dealkylation sites (tertiary alicyclic amines) is 1. The molecule has 1 atom stereocenters. The van der Waals surface area contributed by atoms with Crippen molar-refractivity contribution in [1.82, 2.24) is 4.90 Å². The molecule has 1 heterocycles. The molecule has 1 unspecified atom stereocenters. The first-order valence-corrected chi connectivity index (χ1v) is 5.03. The third-order valence-corrected chi connectivity index (χ3v) is 2.32. The maximum Gasteiger partial charge on any atom is 0.224 e. The summed E-state index contributed by atoms with van der Waals surface area (Å²) in [4.78, 5) is 13.1. The SMILES string of the molecule is CCOCCCN1CC(C#N)CC1=O. The van der Waals surface area contributed by atoms with E-state index in [0.29, 0.717) is 19.6 Å². The molecule has 1 fully saturated rings. The Balaban J connectivity index is 2.19. The molecule has 0 aromatic heterocycles. The zero-order chi connectivity index (χ0) is 10.4. The minimum Gasteiger partial charge on any atom is -0.382 e. The van der Waals surface area contributed by atoms with Crippen molar-refractivity contribution in [3.63, 3.8) is 0 Å². The Morgan fingerprint density at radius 1 is 1.71 bits per heavy atom. The lowest BCUT2D eigenvalue weighted by atomic mass is 10.1. The summed E-state index contributed by atoms with van der Waals surface area (Å²) in [6.07, 6.45) is 1.25. The number of carbonyl (C=O) groups excluding carboxylic acids is 1. The van der Waals surface area contributed by atoms with Crippen LogP contribution in [0, 0.1) is 17.2 Å². The fourth-order valence-corrected chi connectivity index (χ4v) is 1.58. The van der Waals surface area contributed by atoms with Crippen LogP contribution in [-0.2, 0) is 9.53 Å². The Morgan fingerprint density at radius 3 is 3.07 bits per heavy atom. The highest BCUT2D eigenvalue weighted by molar-refractivity contribution is 5.79. The molecule has 0 radical (unpaired) electrons. The second-order valence-corrected chi connectivity index (χ2v) is 3.42. The highest BCUT2D eigenvalue weighted by Crippen LogP contribution is 2.16. The topological polar surface area (TPSA) is 53.3 Å². The van der Waals surface area contributed by atoms with Gasteiger partial charge in [-0.3, -0.25) is 4.79 Å². The molecular weight excluding hydrogens is 180 g/mol. The summed E-state index contributed by atoms with van der Waals surface area (Å²) < 4.78 is 5.18. The molecule has 1 aliphatic heterocycles. The molecule has 0 aromatic carbocycles. The average Bonchev–Trinajstić information content (AvgIpc) is 2.54. The van der Waals surface area contributed by atoms with Gasteiger partial charge in [-0.05, 0) is 13.3 Å². The van der Waals surface area contributed by atoms with Gasteiger partial charge in [0.2, 0.25) is 5.91 Å². The lowest BCUT2D eigenvalue weighted by Gasteiger charge is -2.14. The van der Waals surface area contributed by atoms with E-state index in [1.54, 1.807) is 4.90 Å². The van der Waals surface area contributed by atoms with E-state index in [0.717, 1.165) is 19.6 Å². The Kier molecular flexibility index (Phi) is 4.41. The van der Waals surface area contributed by atoms with Crippen molar-refractivity contribution in [2.24, 2.45) is 5.92 Å². The highest BCUT2D eigenvalue weighted by Gasteiger charge is 2.28. The van der Waals surface area contributed by atoms with E-state index >= 15 is 0 Å². The maximum absolute atomic E-state index is 11.3. The Labute approximate surface area is 84.4 Å². The molecule has 1 amide bonds. The fraction of sp³-hybridized carbons (Fsp3) is 0.800. The second-order valence-electron chi connectivity index (χ2n) is 3.42. The van der Waals surface area contributed by atoms with Crippen LogP contribution in [0.5, 0.6) is 0 Å². The number of hydrogen-bond acceptors (Lipinski definition) is 3. The van der Waals surface area contributed by atoms with Gasteiger partial charge in [-0.25, -0.2) is 0 Å². The summed E-state index contributed by atoms with van der Waals surface area (Å²) in [6.45, 7) is 4.68. The summed E-state index contributed by atoms with van der Waals surface area (Å²) in [5.41, 5.74) is 0. The molecule has 78 valence electrons. The lowest BCUT2D eigenvalue weighted by Crippen LogP contribution is -2.27. The van der Waals surface area contributed by atoms with E-state index in [4.69, 9.17) is 10.00 Å². The van der Waals surface area contributed by atoms with Crippen molar-refractivity contribution in [2.45, 2.75) is 19.8 Å². The van der Waals surface area contributed by atoms with Crippen LogP contribution in [-0.4, -0.2) is 37.1 Å². The van der Waals surface area contributed by atoms with Gasteiger partial charge in [0.05, 0.1) is 12.0 Å². The molecule has 0 N–H and O–H groups in total. The van der Waals surface area contributed by atoms with E-state index in [2.05, 4.69) is 6.07 Å². The van der Waals surface area contributed by atoms with Crippen molar-refractivity contribution in [3.05, 3.63) is 0 Å². The molecule has 0 spiro atoms. The lowest BCUT2D eigenvalue weighted by molar-refractivity contribution is -0.127. The summed E-state index contributed by atoms with van der Waals surface area (Å²) in [5, 5.41) is 8.66. The van der Waals surface area contributed by atoms with Gasteiger partial charge in [0, 0.05) is 32.7 Å². The summed E-state index contributed by atoms with van der Waals surface area (Å²) in [6, 6.07) is 2.13. The van der Waals surface area contributed by atoms with Gasteiger partial charge in [0.1, 0.15) is 0 Å². The van der Waals surface area contributed by atoms with Crippen LogP contribution in [0.2, 0.25) is 0 Å². The van der Waals surface area contributed by atoms with Gasteiger partial charge in [0.15, 0.2) is 0 Å². The molecule has 4 nitrogen and oxygen atoms in total. The molecule has 0 saturated carbocycles. The average molecular weight is 196 g/mol. The van der Waals surface area contributed by atoms with Crippen LogP contribution in [0.25, 0.3) is 0 Å². The number of carbonyl (C=O) groups is 1. The third-order valence-electron chi connectivity index (χ3n) is 2.32. The zero-order valence-electron chi connectivity index (χ0n) is 8.53. The largest absolute Gasteiger partial charge is 0.382 e. The molecule has 1 rings (SSSR count). The normalized spacial score (nSPS) is 21.3. The van der Waals surface area contributed by atoms with E-state index in [1.807, 2.05) is 6.92 Å². The summed E-state index contributed by atoms with van der Waals surface area (Å²) in [5.74, 6) is 0.00245. The minimum atomic E-state index is -0.102. The van der Waals surface area contributed by atoms with Crippen LogP contribution < -0.4 is 0 Å². The first kappa shape index (κ1) is 11.0. The van der Waals surface area contributed by atoms with E-state index in [1.165, 1.54) is 0 Å². The van der Waals surface area contributed by atoms with Crippen molar-refractivity contribution < 1.29 is 9.53 Å². The molecule has 1 saturated heterocycles. The summed E-state index contributed by atoms with van der Waals surface area (Å²) in [7, 11) is 0. The smallest absolute Gasteiger partial charge is 0.224 e. The fourth-order valence-electron chi connectivity index (χ4n) is 1.58. The number of hydrogen-bond donors (Lipinski definition) is 0. The summed E-state index contributed by atoms with van der Waals surface area (Å²) >= 11 is 0. The first-order chi connectivity index (χ1) is 6.77. The molecule has 0 bridgehead atoms. The Bertz CT molecular complexity index is 235. The Morgan fingerprint density at radius 2 is 2.50 bits per heavy atom. The van der Waals surface area contributed by atoms with E-state index in [-0.39, 0.29) is 11.8 Å². The Hall–Kier alpha value is -1.08. The minimum absolute atomic E-state index is 0.102. The number of amides is 1. The molecule has 14 heavy (non-hydrogen) atoms. The van der Waals surface area contributed by atoms with Crippen molar-refractivity contribution in [1.29, 1.82) is 5.26 Å². The monoisotopic (exact) mass is 196 g/mol. The quantitative estimate of drug-likeness (QED) is 0.611. The molecule has 4 heteroatoms. The van der Waals surface area contributed by atoms with Gasteiger partial charge in [0.25, 0.3) is 0 Å². The number of nitriles is 1. The van der Waals surface area contributed by atoms with Crippen LogP contribution in [0.3, 0.4) is 0 Å². The van der Waals surface area contributed by atoms with Crippen LogP contribution in [0.15, 0.2) is 0 Å². The standard InChI is InChI=1S/C10H16N2O2/c1-2-14-5-3-4-12-8-9(7-11)6-10(12)13/h9H,2-6,8H2,1H3. The van der Waals surface area contributed by atoms with Gasteiger partial charge in [-0.15, -0.1) is 0 Å². The van der Waals surface area contributed by atoms with Gasteiger partial charge >= 0.3 is 0 Å². The van der Waals surface area contributed by atoms with Crippen molar-refractivity contribution in [2.75, 3.05) is 26.3 Å². The predicted octanol–water partition coefficient (Wildman–Crippen LogP) is 0.785. The molecule has 1 aliphatic rings. The van der Waals surface area contributed by atoms with E-state index in [9.17, 15) is 4.79 Å². The van der Waals surface area contributed by atoms with Gasteiger partial charge < -0.3 is 9.64 Å². The second kappa shape index (κ2) is 5.61. The number of ether oxygens (including phenoxy) is 1. The molecule has 0 aromatic rings. The third kappa shape index (κ3) is 3.00. The highest BCUT2D eigenvalue weighted by atomic mass is 16.5. The predicted molar refractivity (Wildman–Crippen MR) is 51.4 cm³/mol. The van der Waals surface area contributed by atoms with Crippen LogP contribution in [0.4, 0.5) is 0 Å². The number of nitrogens with zero attached hydrogens (tertiary/aromatic N) is 2. The molecular formula is C10H16N2O2. The van der Waals surface area contributed by atoms with Crippen molar-refractivity contribution >= 4 is 5.91 Å². The maximum atomic E-state index is 11.3. The van der Waals surface area contributed by atoms with Crippen molar-refractivity contribution in [3.8, 4) is 6.07 Å². The first-order valence-electron chi connectivity index (χ1n) is 5.03. The van der Waals surface area contributed by atoms with Crippen LogP contribution in [0.1, 0.15) is 19.8 Å². The zero-order valence-corrected chi connectivity index (χ0v) is 8.53. The van der Waals surface area contributed by atoms with Gasteiger partial charge in [-0.2, -0.15) is 5.26 Å². The van der Waals surface area contributed by atoms with Crippen LogP contribution >= 0.6 is 0 Å². The molecule has 0 aliphatic carbocycles.